The minimum atomic E-state index is -1.61. The lowest BCUT2D eigenvalue weighted by Gasteiger charge is -2.16. The number of nitrogens with zero attached hydrogens (tertiary/aromatic N) is 1. The molecule has 1 aromatic carbocycles. The molecule has 1 unspecified atom stereocenters. The average Bonchev–Trinajstić information content (AvgIpc) is 2.67. The molecule has 2 rings (SSSR count). The summed E-state index contributed by atoms with van der Waals surface area (Å²) in [4.78, 5) is 2.22. The first-order chi connectivity index (χ1) is 8.06. The Labute approximate surface area is 101 Å². The third kappa shape index (κ3) is 3.06. The maximum atomic E-state index is 13.7. The van der Waals surface area contributed by atoms with E-state index in [0.717, 1.165) is 19.5 Å². The number of hydrogen-bond donors (Lipinski definition) is 2. The average molecular weight is 237 g/mol. The van der Waals surface area contributed by atoms with Crippen LogP contribution in [0.4, 0.5) is 4.39 Å². The van der Waals surface area contributed by atoms with Crippen molar-refractivity contribution in [2.24, 2.45) is 5.92 Å². The van der Waals surface area contributed by atoms with Gasteiger partial charge in [0, 0.05) is 18.7 Å². The minimum Gasteiger partial charge on any atom is -0.423 e. The van der Waals surface area contributed by atoms with Crippen LogP contribution in [-0.4, -0.2) is 35.2 Å². The molecule has 0 saturated carbocycles. The predicted molar refractivity (Wildman–Crippen MR) is 65.3 cm³/mol. The van der Waals surface area contributed by atoms with Gasteiger partial charge in [0.15, 0.2) is 0 Å². The molecule has 3 nitrogen and oxygen atoms in total. The van der Waals surface area contributed by atoms with Crippen molar-refractivity contribution in [3.05, 3.63) is 29.6 Å². The Balaban J connectivity index is 2.06. The van der Waals surface area contributed by atoms with Crippen LogP contribution in [0.15, 0.2) is 18.2 Å². The van der Waals surface area contributed by atoms with Crippen molar-refractivity contribution in [1.29, 1.82) is 0 Å². The summed E-state index contributed by atoms with van der Waals surface area (Å²) in [7, 11) is -1.61. The van der Waals surface area contributed by atoms with Crippen molar-refractivity contribution < 1.29 is 14.4 Å². The van der Waals surface area contributed by atoms with Crippen LogP contribution in [0.2, 0.25) is 0 Å². The quantitative estimate of drug-likeness (QED) is 0.745. The Kier molecular flexibility index (Phi) is 3.81. The van der Waals surface area contributed by atoms with E-state index in [9.17, 15) is 4.39 Å². The molecular formula is C12H17BFNO2. The van der Waals surface area contributed by atoms with Crippen LogP contribution in [-0.2, 0) is 6.54 Å². The van der Waals surface area contributed by atoms with Crippen molar-refractivity contribution in [2.75, 3.05) is 13.1 Å². The largest absolute Gasteiger partial charge is 0.488 e. The van der Waals surface area contributed by atoms with Crippen LogP contribution >= 0.6 is 0 Å². The molecule has 0 amide bonds. The summed E-state index contributed by atoms with van der Waals surface area (Å²) >= 11 is 0. The van der Waals surface area contributed by atoms with Gasteiger partial charge in [-0.05, 0) is 30.4 Å². The molecule has 1 atom stereocenters. The van der Waals surface area contributed by atoms with E-state index in [4.69, 9.17) is 10.0 Å². The molecule has 1 aliphatic heterocycles. The van der Waals surface area contributed by atoms with Gasteiger partial charge in [-0.25, -0.2) is 4.39 Å². The lowest BCUT2D eigenvalue weighted by molar-refractivity contribution is 0.315. The molecule has 2 N–H and O–H groups in total. The highest BCUT2D eigenvalue weighted by atomic mass is 19.1. The molecule has 0 aliphatic carbocycles. The summed E-state index contributed by atoms with van der Waals surface area (Å²) in [6.45, 7) is 4.80. The van der Waals surface area contributed by atoms with E-state index < -0.39 is 7.12 Å². The fourth-order valence-corrected chi connectivity index (χ4v) is 2.26. The zero-order chi connectivity index (χ0) is 12.4. The van der Waals surface area contributed by atoms with Gasteiger partial charge in [-0.1, -0.05) is 19.1 Å². The molecule has 0 spiro atoms. The van der Waals surface area contributed by atoms with Gasteiger partial charge >= 0.3 is 7.12 Å². The second-order valence-corrected chi connectivity index (χ2v) is 4.85. The van der Waals surface area contributed by atoms with Gasteiger partial charge in [0.25, 0.3) is 0 Å². The number of halogens is 1. The Morgan fingerprint density at radius 2 is 2.24 bits per heavy atom. The molecule has 0 aromatic heterocycles. The van der Waals surface area contributed by atoms with Crippen LogP contribution in [0.5, 0.6) is 0 Å². The van der Waals surface area contributed by atoms with E-state index in [1.165, 1.54) is 6.07 Å². The third-order valence-electron chi connectivity index (χ3n) is 3.28. The SMILES string of the molecule is CC1CCN(Cc2ccc(B(O)O)cc2F)C1. The first-order valence-corrected chi connectivity index (χ1v) is 5.93. The third-order valence-corrected chi connectivity index (χ3v) is 3.28. The van der Waals surface area contributed by atoms with Crippen molar-refractivity contribution in [3.8, 4) is 0 Å². The van der Waals surface area contributed by atoms with Crippen LogP contribution in [0, 0.1) is 11.7 Å². The molecule has 17 heavy (non-hydrogen) atoms. The molecule has 1 fully saturated rings. The highest BCUT2D eigenvalue weighted by Gasteiger charge is 2.20. The molecule has 0 bridgehead atoms. The van der Waals surface area contributed by atoms with E-state index in [1.807, 2.05) is 0 Å². The van der Waals surface area contributed by atoms with Gasteiger partial charge < -0.3 is 10.0 Å². The van der Waals surface area contributed by atoms with Gasteiger partial charge in [-0.3, -0.25) is 4.90 Å². The summed E-state index contributed by atoms with van der Waals surface area (Å²) in [5, 5.41) is 17.9. The number of likely N-dealkylation sites (tertiary alicyclic amines) is 1. The highest BCUT2D eigenvalue weighted by Crippen LogP contribution is 2.18. The second kappa shape index (κ2) is 5.17. The Morgan fingerprint density at radius 1 is 1.47 bits per heavy atom. The van der Waals surface area contributed by atoms with Gasteiger partial charge in [-0.2, -0.15) is 0 Å². The molecule has 1 saturated heterocycles. The highest BCUT2D eigenvalue weighted by molar-refractivity contribution is 6.58. The lowest BCUT2D eigenvalue weighted by atomic mass is 9.80. The van der Waals surface area contributed by atoms with Gasteiger partial charge in [0.2, 0.25) is 0 Å². The first-order valence-electron chi connectivity index (χ1n) is 5.93. The topological polar surface area (TPSA) is 43.7 Å². The Bertz CT molecular complexity index is 400. The van der Waals surface area contributed by atoms with Crippen molar-refractivity contribution in [1.82, 2.24) is 4.90 Å². The van der Waals surface area contributed by atoms with Crippen LogP contribution in [0.25, 0.3) is 0 Å². The van der Waals surface area contributed by atoms with Crippen LogP contribution in [0.3, 0.4) is 0 Å². The fraction of sp³-hybridized carbons (Fsp3) is 0.500. The Hall–Kier alpha value is -0.905. The standard InChI is InChI=1S/C12H17BFNO2/c1-9-4-5-15(7-9)8-10-2-3-11(13(16)17)6-12(10)14/h2-3,6,9,16-17H,4-5,7-8H2,1H3. The maximum absolute atomic E-state index is 13.7. The molecule has 1 aromatic rings. The van der Waals surface area contributed by atoms with Crippen molar-refractivity contribution >= 4 is 12.6 Å². The summed E-state index contributed by atoms with van der Waals surface area (Å²) in [6, 6.07) is 4.38. The summed E-state index contributed by atoms with van der Waals surface area (Å²) in [5.74, 6) is 0.312. The van der Waals surface area contributed by atoms with E-state index in [0.29, 0.717) is 18.0 Å². The molecule has 1 aliphatic rings. The number of hydrogen-bond acceptors (Lipinski definition) is 3. The van der Waals surface area contributed by atoms with Gasteiger partial charge in [0.05, 0.1) is 0 Å². The maximum Gasteiger partial charge on any atom is 0.488 e. The normalized spacial score (nSPS) is 20.8. The predicted octanol–water partition coefficient (Wildman–Crippen LogP) is 0.347. The van der Waals surface area contributed by atoms with Crippen molar-refractivity contribution in [3.63, 3.8) is 0 Å². The molecular weight excluding hydrogens is 220 g/mol. The second-order valence-electron chi connectivity index (χ2n) is 4.85. The molecule has 5 heteroatoms. The van der Waals surface area contributed by atoms with Gasteiger partial charge in [0.1, 0.15) is 5.82 Å². The van der Waals surface area contributed by atoms with Crippen LogP contribution in [0.1, 0.15) is 18.9 Å². The molecule has 92 valence electrons. The first kappa shape index (κ1) is 12.5. The summed E-state index contributed by atoms with van der Waals surface area (Å²) in [5.41, 5.74) is 0.810. The zero-order valence-electron chi connectivity index (χ0n) is 9.93. The van der Waals surface area contributed by atoms with Crippen molar-refractivity contribution in [2.45, 2.75) is 19.9 Å². The van der Waals surface area contributed by atoms with E-state index in [2.05, 4.69) is 11.8 Å². The monoisotopic (exact) mass is 237 g/mol. The van der Waals surface area contributed by atoms with E-state index in [-0.39, 0.29) is 11.3 Å². The van der Waals surface area contributed by atoms with E-state index >= 15 is 0 Å². The number of rotatable bonds is 3. The fourth-order valence-electron chi connectivity index (χ4n) is 2.26. The smallest absolute Gasteiger partial charge is 0.423 e. The Morgan fingerprint density at radius 3 is 2.76 bits per heavy atom. The van der Waals surface area contributed by atoms with Crippen LogP contribution < -0.4 is 5.46 Å². The lowest BCUT2D eigenvalue weighted by Crippen LogP contribution is -2.30. The minimum absolute atomic E-state index is 0.195. The molecule has 0 radical (unpaired) electrons. The van der Waals surface area contributed by atoms with Gasteiger partial charge in [-0.15, -0.1) is 0 Å². The summed E-state index contributed by atoms with van der Waals surface area (Å²) < 4.78 is 13.7. The molecule has 1 heterocycles. The van der Waals surface area contributed by atoms with E-state index in [1.54, 1.807) is 12.1 Å². The summed E-state index contributed by atoms with van der Waals surface area (Å²) in [6.07, 6.45) is 1.16. The number of benzene rings is 1. The zero-order valence-corrected chi connectivity index (χ0v) is 9.93.